The summed E-state index contributed by atoms with van der Waals surface area (Å²) in [5.41, 5.74) is 15.3. The molecule has 0 atom stereocenters. The second kappa shape index (κ2) is 11.4. The molecule has 2 nitrogen and oxygen atoms in total. The number of hydrogen-bond acceptors (Lipinski definition) is 0. The number of para-hydroxylation sites is 3. The molecule has 0 radical (unpaired) electrons. The maximum Gasteiger partial charge on any atom is 0.182 e. The fourth-order valence-corrected chi connectivity index (χ4v) is 16.4. The number of benzene rings is 9. The molecule has 0 saturated heterocycles. The van der Waals surface area contributed by atoms with Gasteiger partial charge in [-0.1, -0.05) is 158 Å². The van der Waals surface area contributed by atoms with Gasteiger partial charge in [-0.3, -0.25) is 0 Å². The van der Waals surface area contributed by atoms with Crippen LogP contribution in [0, 0.1) is 0 Å². The van der Waals surface area contributed by atoms with Gasteiger partial charge in [0.25, 0.3) is 0 Å². The number of hydrogen-bond donors (Lipinski definition) is 0. The van der Waals surface area contributed by atoms with Crippen molar-refractivity contribution in [1.82, 2.24) is 9.13 Å². The molecule has 3 heteroatoms. The molecule has 0 bridgehead atoms. The van der Waals surface area contributed by atoms with Crippen LogP contribution in [0.4, 0.5) is 0 Å². The zero-order valence-corrected chi connectivity index (χ0v) is 32.0. The van der Waals surface area contributed by atoms with Crippen molar-refractivity contribution in [3.8, 4) is 44.8 Å². The Hall–Kier alpha value is -7.20. The summed E-state index contributed by atoms with van der Waals surface area (Å²) in [4.78, 5) is 0. The molecule has 0 fully saturated rings. The summed E-state index contributed by atoms with van der Waals surface area (Å²) in [5.74, 6) is 0. The fraction of sp³-hybridized carbons (Fsp3) is 0. The molecule has 57 heavy (non-hydrogen) atoms. The lowest BCUT2D eigenvalue weighted by Gasteiger charge is -2.28. The second-order valence-corrected chi connectivity index (χ2v) is 19.2. The van der Waals surface area contributed by atoms with Crippen LogP contribution in [-0.2, 0) is 0 Å². The molecule has 0 aliphatic carbocycles. The van der Waals surface area contributed by atoms with E-state index >= 15 is 0 Å². The standard InChI is InChI=1S/C54H34N2Si/c1-2-14-37(15-3-1)55-45-21-9-4-19-43(45)53-47(55)32-33-48-54(53)44-20-5-10-22-46(44)56(48)38-29-26-35(27-30-38)36-28-31-42-41-18-8-13-25-51(41)57(52(42)34-36)49-23-11-6-16-39(49)40-17-7-12-24-50(40)57/h1-34H. The van der Waals surface area contributed by atoms with Gasteiger partial charge in [0.15, 0.2) is 8.07 Å². The predicted octanol–water partition coefficient (Wildman–Crippen LogP) is 10.9. The summed E-state index contributed by atoms with van der Waals surface area (Å²) >= 11 is 0. The van der Waals surface area contributed by atoms with Gasteiger partial charge < -0.3 is 9.13 Å². The fourth-order valence-electron chi connectivity index (χ4n) is 10.7. The van der Waals surface area contributed by atoms with Gasteiger partial charge in [-0.25, -0.2) is 0 Å². The average molecular weight is 739 g/mol. The molecule has 9 aromatic carbocycles. The van der Waals surface area contributed by atoms with Crippen LogP contribution in [0.3, 0.4) is 0 Å². The molecule has 13 rings (SSSR count). The van der Waals surface area contributed by atoms with Gasteiger partial charge in [-0.15, -0.1) is 0 Å². The quantitative estimate of drug-likeness (QED) is 0.160. The Balaban J connectivity index is 0.994. The number of rotatable bonds is 3. The second-order valence-electron chi connectivity index (χ2n) is 15.6. The highest BCUT2D eigenvalue weighted by molar-refractivity contribution is 7.24. The van der Waals surface area contributed by atoms with Crippen LogP contribution < -0.4 is 20.7 Å². The van der Waals surface area contributed by atoms with E-state index in [0.29, 0.717) is 0 Å². The van der Waals surface area contributed by atoms with E-state index in [1.807, 2.05) is 0 Å². The van der Waals surface area contributed by atoms with Crippen LogP contribution in [0.2, 0.25) is 0 Å². The van der Waals surface area contributed by atoms with Gasteiger partial charge in [-0.05, 0) is 103 Å². The van der Waals surface area contributed by atoms with Crippen molar-refractivity contribution in [3.63, 3.8) is 0 Å². The monoisotopic (exact) mass is 738 g/mol. The van der Waals surface area contributed by atoms with Crippen LogP contribution >= 0.6 is 0 Å². The summed E-state index contributed by atoms with van der Waals surface area (Å²) in [6, 6.07) is 77.2. The summed E-state index contributed by atoms with van der Waals surface area (Å²) < 4.78 is 4.87. The van der Waals surface area contributed by atoms with Crippen molar-refractivity contribution >= 4 is 72.4 Å². The van der Waals surface area contributed by atoms with E-state index < -0.39 is 8.07 Å². The molecule has 0 N–H and O–H groups in total. The minimum atomic E-state index is -2.50. The van der Waals surface area contributed by atoms with E-state index in [2.05, 4.69) is 215 Å². The highest BCUT2D eigenvalue weighted by atomic mass is 28.3. The maximum atomic E-state index is 2.54. The number of aromatic nitrogens is 2. The van der Waals surface area contributed by atoms with E-state index in [-0.39, 0.29) is 0 Å². The van der Waals surface area contributed by atoms with Gasteiger partial charge in [0.1, 0.15) is 0 Å². The molecule has 4 heterocycles. The van der Waals surface area contributed by atoms with E-state index in [0.717, 1.165) is 5.69 Å². The summed E-state index contributed by atoms with van der Waals surface area (Å²) in [6.45, 7) is 0. The molecule has 0 saturated carbocycles. The lowest BCUT2D eigenvalue weighted by atomic mass is 10.0. The van der Waals surface area contributed by atoms with E-state index in [1.165, 1.54) is 103 Å². The third-order valence-corrected chi connectivity index (χ3v) is 17.9. The number of nitrogens with zero attached hydrogens (tertiary/aromatic N) is 2. The van der Waals surface area contributed by atoms with Crippen LogP contribution in [0.25, 0.3) is 88.4 Å². The maximum absolute atomic E-state index is 2.54. The summed E-state index contributed by atoms with van der Waals surface area (Å²) in [5, 5.41) is 11.2. The molecule has 0 amide bonds. The Morgan fingerprint density at radius 1 is 0.281 bits per heavy atom. The molecule has 0 unspecified atom stereocenters. The predicted molar refractivity (Wildman–Crippen MR) is 242 cm³/mol. The minimum Gasteiger partial charge on any atom is -0.309 e. The Morgan fingerprint density at radius 3 is 1.25 bits per heavy atom. The molecule has 2 aliphatic heterocycles. The number of fused-ring (bicyclic) bond motifs is 17. The lowest BCUT2D eigenvalue weighted by Crippen LogP contribution is -2.70. The zero-order valence-electron chi connectivity index (χ0n) is 31.0. The van der Waals surface area contributed by atoms with Crippen LogP contribution in [-0.4, -0.2) is 17.2 Å². The van der Waals surface area contributed by atoms with Crippen molar-refractivity contribution in [3.05, 3.63) is 206 Å². The summed E-state index contributed by atoms with van der Waals surface area (Å²) in [7, 11) is -2.50. The average Bonchev–Trinajstić information content (AvgIpc) is 3.99. The van der Waals surface area contributed by atoms with Crippen LogP contribution in [0.1, 0.15) is 0 Å². The largest absolute Gasteiger partial charge is 0.309 e. The smallest absolute Gasteiger partial charge is 0.182 e. The summed E-state index contributed by atoms with van der Waals surface area (Å²) in [6.07, 6.45) is 0. The lowest BCUT2D eigenvalue weighted by molar-refractivity contribution is 1.17. The van der Waals surface area contributed by atoms with Gasteiger partial charge in [0.2, 0.25) is 0 Å². The molecule has 264 valence electrons. The third-order valence-electron chi connectivity index (χ3n) is 12.9. The zero-order chi connectivity index (χ0) is 37.2. The first-order valence-electron chi connectivity index (χ1n) is 19.9. The van der Waals surface area contributed by atoms with E-state index in [9.17, 15) is 0 Å². The van der Waals surface area contributed by atoms with Crippen molar-refractivity contribution in [2.24, 2.45) is 0 Å². The molecule has 1 spiro atoms. The molecular weight excluding hydrogens is 705 g/mol. The normalized spacial score (nSPS) is 13.4. The van der Waals surface area contributed by atoms with Crippen LogP contribution in [0.15, 0.2) is 206 Å². The van der Waals surface area contributed by atoms with Crippen molar-refractivity contribution in [2.45, 2.75) is 0 Å². The first-order valence-corrected chi connectivity index (χ1v) is 21.9. The SMILES string of the molecule is c1ccc(-n2c3ccccc3c3c4c5ccccc5n(-c5ccc(-c6ccc7c(c6)[Si]6(c8ccccc8-c8ccccc86)c6ccccc6-7)cc5)c4ccc32)cc1. The minimum absolute atomic E-state index is 1.16. The Kier molecular flexibility index (Phi) is 6.22. The first-order chi connectivity index (χ1) is 28.3. The van der Waals surface area contributed by atoms with Crippen molar-refractivity contribution in [1.29, 1.82) is 0 Å². The van der Waals surface area contributed by atoms with Gasteiger partial charge in [-0.2, -0.15) is 0 Å². The van der Waals surface area contributed by atoms with E-state index in [4.69, 9.17) is 0 Å². The third kappa shape index (κ3) is 3.98. The first kappa shape index (κ1) is 31.0. The van der Waals surface area contributed by atoms with Gasteiger partial charge in [0, 0.05) is 32.9 Å². The van der Waals surface area contributed by atoms with Crippen LogP contribution in [0.5, 0.6) is 0 Å². The van der Waals surface area contributed by atoms with Crippen molar-refractivity contribution < 1.29 is 0 Å². The van der Waals surface area contributed by atoms with E-state index in [1.54, 1.807) is 0 Å². The molecule has 2 aliphatic rings. The van der Waals surface area contributed by atoms with Gasteiger partial charge >= 0.3 is 0 Å². The Morgan fingerprint density at radius 2 is 0.702 bits per heavy atom. The Bertz CT molecular complexity index is 3400. The van der Waals surface area contributed by atoms with Gasteiger partial charge in [0.05, 0.1) is 22.1 Å². The molecular formula is C54H34N2Si. The highest BCUT2D eigenvalue weighted by Gasteiger charge is 2.53. The topological polar surface area (TPSA) is 9.86 Å². The molecule has 2 aromatic heterocycles. The molecule has 11 aromatic rings. The highest BCUT2D eigenvalue weighted by Crippen LogP contribution is 2.43. The van der Waals surface area contributed by atoms with Crippen molar-refractivity contribution in [2.75, 3.05) is 0 Å². The Labute approximate surface area is 331 Å².